The van der Waals surface area contributed by atoms with Gasteiger partial charge in [-0.1, -0.05) is 30.3 Å². The number of alkyl carbamates (subject to hydrolysis) is 1. The van der Waals surface area contributed by atoms with Crippen molar-refractivity contribution in [2.75, 3.05) is 39.3 Å². The fraction of sp³-hybridized carbons (Fsp3) is 0.704. The summed E-state index contributed by atoms with van der Waals surface area (Å²) >= 11 is 0. The Bertz CT molecular complexity index is 767. The lowest BCUT2D eigenvalue weighted by Gasteiger charge is -2.33. The summed E-state index contributed by atoms with van der Waals surface area (Å²) in [5.74, 6) is 0. The maximum Gasteiger partial charge on any atom is 0.410 e. The number of amides is 2. The van der Waals surface area contributed by atoms with Crippen molar-refractivity contribution in [1.29, 1.82) is 0 Å². The predicted octanol–water partition coefficient (Wildman–Crippen LogP) is 4.57. The Labute approximate surface area is 210 Å². The molecule has 0 bridgehead atoms. The van der Waals surface area contributed by atoms with Gasteiger partial charge >= 0.3 is 12.2 Å². The fourth-order valence-corrected chi connectivity index (χ4v) is 4.45. The number of nitrogens with zero attached hydrogens (tertiary/aromatic N) is 2. The van der Waals surface area contributed by atoms with Crippen LogP contribution in [0, 0.1) is 0 Å². The zero-order valence-electron chi connectivity index (χ0n) is 21.7. The topological polar surface area (TPSA) is 80.3 Å². The van der Waals surface area contributed by atoms with Crippen LogP contribution in [-0.4, -0.2) is 79.1 Å². The van der Waals surface area contributed by atoms with Crippen molar-refractivity contribution in [2.45, 2.75) is 83.6 Å². The third kappa shape index (κ3) is 10.4. The summed E-state index contributed by atoms with van der Waals surface area (Å²) in [6.07, 6.45) is 5.46. The second-order valence-electron chi connectivity index (χ2n) is 10.6. The second-order valence-corrected chi connectivity index (χ2v) is 10.6. The van der Waals surface area contributed by atoms with E-state index in [2.05, 4.69) is 10.2 Å². The van der Waals surface area contributed by atoms with Gasteiger partial charge in [0.2, 0.25) is 0 Å². The average Bonchev–Trinajstić information content (AvgIpc) is 2.83. The van der Waals surface area contributed by atoms with E-state index < -0.39 is 5.60 Å². The van der Waals surface area contributed by atoms with Crippen LogP contribution >= 0.6 is 0 Å². The lowest BCUT2D eigenvalue weighted by Crippen LogP contribution is -2.45. The number of rotatable bonds is 9. The summed E-state index contributed by atoms with van der Waals surface area (Å²) in [6.45, 7) is 11.2. The van der Waals surface area contributed by atoms with Gasteiger partial charge < -0.3 is 29.3 Å². The van der Waals surface area contributed by atoms with Crippen molar-refractivity contribution in [2.24, 2.45) is 0 Å². The summed E-state index contributed by atoms with van der Waals surface area (Å²) in [6, 6.07) is 9.91. The monoisotopic (exact) mass is 489 g/mol. The number of nitrogens with one attached hydrogen (secondary N) is 1. The number of likely N-dealkylation sites (tertiary alicyclic amines) is 2. The van der Waals surface area contributed by atoms with E-state index in [1.54, 1.807) is 4.90 Å². The maximum absolute atomic E-state index is 12.2. The van der Waals surface area contributed by atoms with Crippen molar-refractivity contribution in [3.05, 3.63) is 35.9 Å². The largest absolute Gasteiger partial charge is 0.445 e. The van der Waals surface area contributed by atoms with Crippen molar-refractivity contribution in [1.82, 2.24) is 15.1 Å². The lowest BCUT2D eigenvalue weighted by molar-refractivity contribution is -0.0124. The van der Waals surface area contributed by atoms with E-state index in [0.29, 0.717) is 19.7 Å². The van der Waals surface area contributed by atoms with Gasteiger partial charge in [0.1, 0.15) is 12.2 Å². The molecule has 2 saturated heterocycles. The number of unbranched alkanes of at least 4 members (excludes halogenated alkanes) is 1. The molecule has 1 aromatic rings. The minimum Gasteiger partial charge on any atom is -0.445 e. The Morgan fingerprint density at radius 1 is 0.971 bits per heavy atom. The normalized spacial score (nSPS) is 18.3. The third-order valence-corrected chi connectivity index (χ3v) is 6.44. The molecule has 0 saturated carbocycles. The van der Waals surface area contributed by atoms with E-state index in [4.69, 9.17) is 14.2 Å². The summed E-state index contributed by atoms with van der Waals surface area (Å²) in [4.78, 5) is 28.5. The molecule has 1 N–H and O–H groups in total. The molecule has 0 aliphatic carbocycles. The van der Waals surface area contributed by atoms with Gasteiger partial charge in [0, 0.05) is 38.8 Å². The Hall–Kier alpha value is -2.32. The molecule has 8 heteroatoms. The molecule has 3 rings (SSSR count). The molecule has 2 aliphatic heterocycles. The van der Waals surface area contributed by atoms with E-state index in [-0.39, 0.29) is 24.3 Å². The molecule has 0 radical (unpaired) electrons. The zero-order valence-corrected chi connectivity index (χ0v) is 21.7. The van der Waals surface area contributed by atoms with Gasteiger partial charge in [-0.05, 0) is 71.4 Å². The van der Waals surface area contributed by atoms with Gasteiger partial charge in [-0.3, -0.25) is 0 Å². The first kappa shape index (κ1) is 27.3. The first-order valence-corrected chi connectivity index (χ1v) is 13.1. The highest BCUT2D eigenvalue weighted by atomic mass is 16.6. The van der Waals surface area contributed by atoms with Gasteiger partial charge in [-0.2, -0.15) is 0 Å². The Kier molecular flexibility index (Phi) is 10.7. The fourth-order valence-electron chi connectivity index (χ4n) is 4.45. The van der Waals surface area contributed by atoms with Crippen LogP contribution < -0.4 is 5.32 Å². The molecular weight excluding hydrogens is 446 g/mol. The van der Waals surface area contributed by atoms with E-state index >= 15 is 0 Å². The van der Waals surface area contributed by atoms with Gasteiger partial charge in [0.15, 0.2) is 0 Å². The summed E-state index contributed by atoms with van der Waals surface area (Å²) in [5, 5.41) is 3.00. The Morgan fingerprint density at radius 3 is 2.31 bits per heavy atom. The molecule has 0 unspecified atom stereocenters. The molecule has 0 aromatic heterocycles. The highest BCUT2D eigenvalue weighted by Gasteiger charge is 2.27. The van der Waals surface area contributed by atoms with Crippen LogP contribution in [0.1, 0.15) is 64.9 Å². The highest BCUT2D eigenvalue weighted by Crippen LogP contribution is 2.18. The van der Waals surface area contributed by atoms with Gasteiger partial charge in [-0.25, -0.2) is 9.59 Å². The standard InChI is InChI=1S/C27H43N3O5/c1-27(2,3)35-26(32)30-18-13-24(14-19-30)33-20-8-7-15-29-16-11-23(12-17-29)28-25(31)34-21-22-9-5-4-6-10-22/h4-6,9-10,23-24H,7-8,11-21H2,1-3H3,(H,28,31). The van der Waals surface area contributed by atoms with Crippen LogP contribution in [0.4, 0.5) is 9.59 Å². The molecule has 8 nitrogen and oxygen atoms in total. The van der Waals surface area contributed by atoms with Crippen molar-refractivity contribution < 1.29 is 23.8 Å². The van der Waals surface area contributed by atoms with Gasteiger partial charge in [0.25, 0.3) is 0 Å². The van der Waals surface area contributed by atoms with Crippen molar-refractivity contribution >= 4 is 12.2 Å². The Balaban J connectivity index is 1.18. The van der Waals surface area contributed by atoms with E-state index in [1.807, 2.05) is 51.1 Å². The summed E-state index contributed by atoms with van der Waals surface area (Å²) in [5.41, 5.74) is 0.539. The minimum atomic E-state index is -0.454. The van der Waals surface area contributed by atoms with Crippen LogP contribution in [0.25, 0.3) is 0 Å². The molecule has 2 heterocycles. The minimum absolute atomic E-state index is 0.185. The maximum atomic E-state index is 12.2. The van der Waals surface area contributed by atoms with Gasteiger partial charge in [0.05, 0.1) is 6.10 Å². The van der Waals surface area contributed by atoms with Crippen LogP contribution in [0.2, 0.25) is 0 Å². The first-order valence-electron chi connectivity index (χ1n) is 13.1. The van der Waals surface area contributed by atoms with E-state index in [9.17, 15) is 9.59 Å². The molecule has 0 atom stereocenters. The van der Waals surface area contributed by atoms with Crippen LogP contribution in [0.5, 0.6) is 0 Å². The van der Waals surface area contributed by atoms with Gasteiger partial charge in [-0.15, -0.1) is 0 Å². The van der Waals surface area contributed by atoms with Crippen LogP contribution in [0.3, 0.4) is 0 Å². The van der Waals surface area contributed by atoms with Crippen LogP contribution in [0.15, 0.2) is 30.3 Å². The number of benzene rings is 1. The van der Waals surface area contributed by atoms with E-state index in [0.717, 1.165) is 70.3 Å². The number of piperidine rings is 2. The molecule has 1 aromatic carbocycles. The third-order valence-electron chi connectivity index (χ3n) is 6.44. The summed E-state index contributed by atoms with van der Waals surface area (Å²) in [7, 11) is 0. The number of carbonyl (C=O) groups is 2. The molecule has 196 valence electrons. The SMILES string of the molecule is CC(C)(C)OC(=O)N1CCC(OCCCCN2CCC(NC(=O)OCc3ccccc3)CC2)CC1. The molecule has 2 amide bonds. The summed E-state index contributed by atoms with van der Waals surface area (Å²) < 4.78 is 16.8. The van der Waals surface area contributed by atoms with Crippen molar-refractivity contribution in [3.63, 3.8) is 0 Å². The molecule has 2 fully saturated rings. The number of hydrogen-bond acceptors (Lipinski definition) is 6. The molecule has 0 spiro atoms. The quantitative estimate of drug-likeness (QED) is 0.512. The first-order chi connectivity index (χ1) is 16.8. The zero-order chi connectivity index (χ0) is 25.1. The van der Waals surface area contributed by atoms with Crippen molar-refractivity contribution in [3.8, 4) is 0 Å². The van der Waals surface area contributed by atoms with Crippen LogP contribution in [-0.2, 0) is 20.8 Å². The molecule has 35 heavy (non-hydrogen) atoms. The Morgan fingerprint density at radius 2 is 1.66 bits per heavy atom. The molecular formula is C27H43N3O5. The second kappa shape index (κ2) is 13.7. The number of carbonyl (C=O) groups excluding carboxylic acids is 2. The average molecular weight is 490 g/mol. The van der Waals surface area contributed by atoms with E-state index in [1.165, 1.54) is 0 Å². The molecule has 2 aliphatic rings. The number of hydrogen-bond donors (Lipinski definition) is 1. The highest BCUT2D eigenvalue weighted by molar-refractivity contribution is 5.68. The smallest absolute Gasteiger partial charge is 0.410 e. The predicted molar refractivity (Wildman–Crippen MR) is 135 cm³/mol. The number of ether oxygens (including phenoxy) is 3. The lowest BCUT2D eigenvalue weighted by atomic mass is 10.0.